The summed E-state index contributed by atoms with van der Waals surface area (Å²) < 4.78 is 116. The summed E-state index contributed by atoms with van der Waals surface area (Å²) in [6, 6.07) is 0. The molecule has 21 nitrogen and oxygen atoms in total. The van der Waals surface area contributed by atoms with Gasteiger partial charge in [0.25, 0.3) is 0 Å². The van der Waals surface area contributed by atoms with Gasteiger partial charge in [0.1, 0.15) is 0 Å². The molecule has 0 unspecified atom stereocenters. The Hall–Kier alpha value is 1.76. The molecule has 0 radical (unpaired) electrons. The third-order valence-electron chi connectivity index (χ3n) is 0.556. The normalized spacial score (nSPS) is 13.2. The molecule has 3 N–H and O–H groups in total. The van der Waals surface area contributed by atoms with Gasteiger partial charge >= 0.3 is 179 Å². The Kier molecular flexibility index (Phi) is 17.7. The molecule has 0 spiro atoms. The topological polar surface area (TPSA) is 380 Å². The van der Waals surface area contributed by atoms with Crippen molar-refractivity contribution in [2.75, 3.05) is 0 Å². The SMILES string of the molecule is O=P([O-])([O-])[O][W](=[O])(=[O])[OH].O=P([O-])([O-])[O][W](=[O])(=[O])[OH].O=P([O-])([O-])[O][W](=[O])(=[O])[OH].[Mo+6]. The molecule has 0 aromatic rings. The van der Waals surface area contributed by atoms with Gasteiger partial charge in [0.2, 0.25) is 0 Å². The Balaban J connectivity index is -0.000000152. The molecule has 168 valence electrons. The average molecular weight is 1080 g/mol. The number of rotatable bonds is 6. The van der Waals surface area contributed by atoms with Crippen molar-refractivity contribution in [2.45, 2.75) is 0 Å². The van der Waals surface area contributed by atoms with Gasteiger partial charge in [-0.2, -0.15) is 0 Å². The Morgan fingerprint density at radius 2 is 0.607 bits per heavy atom. The molecule has 0 bridgehead atoms. The van der Waals surface area contributed by atoms with Crippen LogP contribution in [0.25, 0.3) is 0 Å². The van der Waals surface area contributed by atoms with E-state index in [9.17, 15) is 63.4 Å². The standard InChI is InChI=1S/Mo.3H3O4P.3H2O.6O.3W/c;3*1-5(2,3)4;;;;;;;;;;;;/h;3*(H3,1,2,3,4);3*1H2;;;;;;;;;/q+6;;;;;;;;;;;;;3*+2/p-12. The Bertz CT molecular complexity index is 776. The molecule has 0 saturated carbocycles. The van der Waals surface area contributed by atoms with Crippen LogP contribution in [-0.4, -0.2) is 11.3 Å². The molecule has 0 rings (SSSR count). The van der Waals surface area contributed by atoms with Crippen LogP contribution in [0.4, 0.5) is 0 Å². The number of hydrogen-bond acceptors (Lipinski definition) is 18. The van der Waals surface area contributed by atoms with E-state index in [1.807, 2.05) is 0 Å². The van der Waals surface area contributed by atoms with E-state index in [2.05, 4.69) is 9.53 Å². The Morgan fingerprint density at radius 1 is 0.500 bits per heavy atom. The fourth-order valence-corrected chi connectivity index (χ4v) is 8.50. The van der Waals surface area contributed by atoms with Crippen LogP contribution in [0.3, 0.4) is 0 Å². The van der Waals surface area contributed by atoms with E-state index in [4.69, 9.17) is 11.3 Å². The first-order chi connectivity index (χ1) is 11.1. The second-order valence-corrected chi connectivity index (χ2v) is 20.0. The predicted octanol–water partition coefficient (Wildman–Crippen LogP) is -7.51. The van der Waals surface area contributed by atoms with Gasteiger partial charge in [0.15, 0.2) is 0 Å². The molecule has 0 saturated heterocycles. The first kappa shape index (κ1) is 37.1. The first-order valence-electron chi connectivity index (χ1n) is 4.24. The van der Waals surface area contributed by atoms with E-state index in [0.717, 1.165) is 0 Å². The van der Waals surface area contributed by atoms with Gasteiger partial charge < -0.3 is 0 Å². The maximum Gasteiger partial charge on any atom is 6.00 e. The van der Waals surface area contributed by atoms with Crippen molar-refractivity contribution in [2.24, 2.45) is 0 Å². The molecule has 0 amide bonds. The zero-order chi connectivity index (χ0) is 23.1. The van der Waals surface area contributed by atoms with Crippen molar-refractivity contribution >= 4 is 23.5 Å². The van der Waals surface area contributed by atoms with E-state index in [-0.39, 0.29) is 21.1 Å². The Morgan fingerprint density at radius 3 is 0.607 bits per heavy atom. The molecule has 28 heavy (non-hydrogen) atoms. The third-order valence-corrected chi connectivity index (χ3v) is 13.7. The zero-order valence-corrected chi connectivity index (χ0v) is 25.2. The van der Waals surface area contributed by atoms with Crippen LogP contribution in [-0.2, 0) is 115 Å². The minimum atomic E-state index is -6.32. The fraction of sp³-hybridized carbons (Fsp3) is 0. The molecular weight excluding hydrogens is 1080 g/mol. The summed E-state index contributed by atoms with van der Waals surface area (Å²) in [5, 5.41) is 0. The average Bonchev–Trinajstić information content (AvgIpc) is 1.96. The van der Waals surface area contributed by atoms with Crippen LogP contribution >= 0.6 is 23.5 Å². The maximum absolute atomic E-state index is 9.53. The summed E-state index contributed by atoms with van der Waals surface area (Å²) in [4.78, 5) is 56.3. The summed E-state index contributed by atoms with van der Waals surface area (Å²) in [5.74, 6) is 0. The second kappa shape index (κ2) is 13.3. The van der Waals surface area contributed by atoms with Gasteiger partial charge in [0.05, 0.1) is 0 Å². The fourth-order valence-electron chi connectivity index (χ4n) is 0.346. The zero-order valence-electron chi connectivity index (χ0n) is 11.7. The van der Waals surface area contributed by atoms with Crippen LogP contribution < -0.4 is 29.4 Å². The molecule has 0 aromatic heterocycles. The number of phosphoric acid groups is 3. The van der Waals surface area contributed by atoms with E-state index in [0.29, 0.717) is 0 Å². The monoisotopic (exact) mass is 1080 g/mol. The molecular formula is H3MoO21P3W3. The first-order valence-corrected chi connectivity index (χ1v) is 23.3. The molecule has 0 fully saturated rings. The molecule has 0 aromatic carbocycles. The van der Waals surface area contributed by atoms with Gasteiger partial charge in [-0.3, -0.25) is 0 Å². The summed E-state index contributed by atoms with van der Waals surface area (Å²) in [5.41, 5.74) is 0. The summed E-state index contributed by atoms with van der Waals surface area (Å²) in [7, 11) is -16.7. The van der Waals surface area contributed by atoms with Crippen molar-refractivity contribution in [3.05, 3.63) is 0 Å². The quantitative estimate of drug-likeness (QED) is 0.164. The smallest absolute Gasteiger partial charge is 6.00 e. The van der Waals surface area contributed by atoms with Gasteiger partial charge in [-0.1, -0.05) is 0 Å². The predicted molar refractivity (Wildman–Crippen MR) is 36.8 cm³/mol. The van der Waals surface area contributed by atoms with Crippen LogP contribution in [0.2, 0.25) is 0 Å². The van der Waals surface area contributed by atoms with Crippen molar-refractivity contribution in [3.63, 3.8) is 0 Å². The number of hydrogen-bond donors (Lipinski definition) is 3. The molecule has 0 heterocycles. The van der Waals surface area contributed by atoms with Crippen molar-refractivity contribution in [3.8, 4) is 0 Å². The van der Waals surface area contributed by atoms with Crippen LogP contribution in [0.5, 0.6) is 0 Å². The largest absolute Gasteiger partial charge is 6.00 e. The van der Waals surface area contributed by atoms with E-state index in [1.165, 1.54) is 0 Å². The Labute approximate surface area is 177 Å². The molecule has 28 heteroatoms. The van der Waals surface area contributed by atoms with Crippen LogP contribution in [0, 0.1) is 0 Å². The molecule has 0 aliphatic carbocycles. The van der Waals surface area contributed by atoms with Gasteiger partial charge in [-0.25, -0.2) is 0 Å². The minimum absolute atomic E-state index is 0. The van der Waals surface area contributed by atoms with Gasteiger partial charge in [0, 0.05) is 0 Å². The summed E-state index contributed by atoms with van der Waals surface area (Å²) >= 11 is -19.0. The second-order valence-electron chi connectivity index (χ2n) is 2.85. The van der Waals surface area contributed by atoms with E-state index < -0.39 is 73.7 Å². The van der Waals surface area contributed by atoms with Gasteiger partial charge in [-0.05, 0) is 0 Å². The summed E-state index contributed by atoms with van der Waals surface area (Å²) in [6.45, 7) is 0. The molecule has 0 aliphatic rings. The molecule has 0 aliphatic heterocycles. The van der Waals surface area contributed by atoms with Gasteiger partial charge in [-0.15, -0.1) is 0 Å². The van der Waals surface area contributed by atoms with Crippen molar-refractivity contribution < 1.29 is 156 Å². The van der Waals surface area contributed by atoms with Crippen LogP contribution in [0.15, 0.2) is 0 Å². The van der Waals surface area contributed by atoms with Crippen LogP contribution in [0.1, 0.15) is 0 Å². The minimum Gasteiger partial charge on any atom is 6.00 e. The van der Waals surface area contributed by atoms with Crippen molar-refractivity contribution in [1.29, 1.82) is 0 Å². The van der Waals surface area contributed by atoms with E-state index in [1.54, 1.807) is 0 Å². The van der Waals surface area contributed by atoms with Crippen molar-refractivity contribution in [1.82, 2.24) is 0 Å². The maximum atomic E-state index is 9.53. The van der Waals surface area contributed by atoms with E-state index >= 15 is 0 Å². The molecule has 0 atom stereocenters. The third kappa shape index (κ3) is 50.9. The summed E-state index contributed by atoms with van der Waals surface area (Å²) in [6.07, 6.45) is 0.